The van der Waals surface area contributed by atoms with Crippen LogP contribution in [0.15, 0.2) is 30.3 Å². The fourth-order valence-corrected chi connectivity index (χ4v) is 5.24. The first-order valence-corrected chi connectivity index (χ1v) is 12.7. The van der Waals surface area contributed by atoms with Crippen molar-refractivity contribution >= 4 is 16.1 Å². The van der Waals surface area contributed by atoms with E-state index < -0.39 is 10.0 Å². The van der Waals surface area contributed by atoms with Crippen LogP contribution >= 0.6 is 0 Å². The molecule has 0 aliphatic carbocycles. The zero-order chi connectivity index (χ0) is 21.8. The monoisotopic (exact) mass is 446 g/mol. The normalized spacial score (nSPS) is 18.4. The Morgan fingerprint density at radius 1 is 1.06 bits per heavy atom. The summed E-state index contributed by atoms with van der Waals surface area (Å²) in [6.45, 7) is 3.52. The van der Waals surface area contributed by atoms with Crippen LogP contribution in [0.2, 0.25) is 0 Å². The first-order valence-electron chi connectivity index (χ1n) is 10.9. The van der Waals surface area contributed by atoms with E-state index in [2.05, 4.69) is 32.2 Å². The van der Waals surface area contributed by atoms with E-state index in [1.165, 1.54) is 16.1 Å². The number of hydrogen-bond donors (Lipinski definition) is 1. The van der Waals surface area contributed by atoms with Gasteiger partial charge in [0.05, 0.1) is 6.26 Å². The molecule has 31 heavy (non-hydrogen) atoms. The van der Waals surface area contributed by atoms with Gasteiger partial charge in [0.15, 0.2) is 0 Å². The first-order chi connectivity index (χ1) is 14.9. The third kappa shape index (κ3) is 5.24. The first kappa shape index (κ1) is 21.8. The third-order valence-corrected chi connectivity index (χ3v) is 7.47. The van der Waals surface area contributed by atoms with Crippen molar-refractivity contribution in [3.8, 4) is 0 Å². The van der Waals surface area contributed by atoms with Gasteiger partial charge in [-0.15, -0.1) is 10.2 Å². The van der Waals surface area contributed by atoms with Crippen LogP contribution in [0.25, 0.3) is 0 Å². The van der Waals surface area contributed by atoms with Gasteiger partial charge in [-0.3, -0.25) is 0 Å². The SMILES string of the molecule is CS(=O)(=O)N1CCC(c2nnc3n2CCN(C(=O)NCCc2ccccc2)CC3)CC1. The lowest BCUT2D eigenvalue weighted by Gasteiger charge is -2.30. The van der Waals surface area contributed by atoms with Crippen molar-refractivity contribution in [2.24, 2.45) is 0 Å². The molecule has 2 aromatic rings. The predicted octanol–water partition coefficient (Wildman–Crippen LogP) is 1.23. The van der Waals surface area contributed by atoms with Gasteiger partial charge in [0.2, 0.25) is 10.0 Å². The van der Waals surface area contributed by atoms with Crippen LogP contribution in [0, 0.1) is 0 Å². The highest BCUT2D eigenvalue weighted by molar-refractivity contribution is 7.88. The number of nitrogens with zero attached hydrogens (tertiary/aromatic N) is 5. The second-order valence-electron chi connectivity index (χ2n) is 8.27. The molecule has 0 saturated carbocycles. The topological polar surface area (TPSA) is 100 Å². The Bertz CT molecular complexity index is 999. The van der Waals surface area contributed by atoms with Gasteiger partial charge in [0.25, 0.3) is 0 Å². The van der Waals surface area contributed by atoms with Gasteiger partial charge in [-0.25, -0.2) is 17.5 Å². The van der Waals surface area contributed by atoms with Crippen LogP contribution in [0.1, 0.15) is 36.0 Å². The van der Waals surface area contributed by atoms with Gasteiger partial charge in [-0.05, 0) is 24.8 Å². The van der Waals surface area contributed by atoms with Gasteiger partial charge in [-0.1, -0.05) is 30.3 Å². The summed E-state index contributed by atoms with van der Waals surface area (Å²) in [4.78, 5) is 14.5. The molecule has 2 amide bonds. The molecular formula is C21H30N6O3S. The zero-order valence-corrected chi connectivity index (χ0v) is 18.7. The number of benzene rings is 1. The molecule has 0 unspecified atom stereocenters. The highest BCUT2D eigenvalue weighted by Crippen LogP contribution is 2.28. The smallest absolute Gasteiger partial charge is 0.317 e. The highest BCUT2D eigenvalue weighted by Gasteiger charge is 2.30. The molecule has 1 fully saturated rings. The van der Waals surface area contributed by atoms with Gasteiger partial charge in [0, 0.05) is 51.6 Å². The summed E-state index contributed by atoms with van der Waals surface area (Å²) >= 11 is 0. The second-order valence-corrected chi connectivity index (χ2v) is 10.2. The fourth-order valence-electron chi connectivity index (χ4n) is 4.37. The van der Waals surface area contributed by atoms with Crippen molar-refractivity contribution in [2.75, 3.05) is 39.0 Å². The zero-order valence-electron chi connectivity index (χ0n) is 17.9. The lowest BCUT2D eigenvalue weighted by Crippen LogP contribution is -2.42. The van der Waals surface area contributed by atoms with E-state index in [1.54, 1.807) is 0 Å². The molecule has 10 heteroatoms. The Kier molecular flexibility index (Phi) is 6.57. The minimum atomic E-state index is -3.14. The second kappa shape index (κ2) is 9.35. The van der Waals surface area contributed by atoms with Crippen molar-refractivity contribution in [2.45, 2.75) is 38.1 Å². The molecule has 3 heterocycles. The van der Waals surface area contributed by atoms with Gasteiger partial charge >= 0.3 is 6.03 Å². The van der Waals surface area contributed by atoms with E-state index in [1.807, 2.05) is 23.1 Å². The number of nitrogens with one attached hydrogen (secondary N) is 1. The highest BCUT2D eigenvalue weighted by atomic mass is 32.2. The molecule has 168 valence electrons. The van der Waals surface area contributed by atoms with Crippen molar-refractivity contribution in [3.05, 3.63) is 47.5 Å². The Morgan fingerprint density at radius 2 is 1.81 bits per heavy atom. The number of hydrogen-bond acceptors (Lipinski definition) is 5. The molecule has 4 rings (SSSR count). The van der Waals surface area contributed by atoms with Crippen LogP contribution < -0.4 is 5.32 Å². The molecule has 0 atom stereocenters. The number of fused-ring (bicyclic) bond motifs is 1. The maximum Gasteiger partial charge on any atom is 0.317 e. The van der Waals surface area contributed by atoms with Crippen molar-refractivity contribution in [1.29, 1.82) is 0 Å². The molecule has 9 nitrogen and oxygen atoms in total. The molecule has 1 aromatic heterocycles. The number of aromatic nitrogens is 3. The molecule has 1 N–H and O–H groups in total. The Labute approximate surface area is 183 Å². The van der Waals surface area contributed by atoms with E-state index in [4.69, 9.17) is 0 Å². The number of piperidine rings is 1. The number of sulfonamides is 1. The number of urea groups is 1. The Morgan fingerprint density at radius 3 is 2.52 bits per heavy atom. The number of carbonyl (C=O) groups excluding carboxylic acids is 1. The minimum absolute atomic E-state index is 0.0438. The molecular weight excluding hydrogens is 416 g/mol. The maximum atomic E-state index is 12.6. The quantitative estimate of drug-likeness (QED) is 0.745. The molecule has 0 bridgehead atoms. The summed E-state index contributed by atoms with van der Waals surface area (Å²) in [5.41, 5.74) is 1.21. The van der Waals surface area contributed by atoms with Crippen molar-refractivity contribution in [3.63, 3.8) is 0 Å². The van der Waals surface area contributed by atoms with E-state index in [-0.39, 0.29) is 11.9 Å². The Hall–Kier alpha value is -2.46. The molecule has 0 radical (unpaired) electrons. The van der Waals surface area contributed by atoms with Gasteiger partial charge in [0.1, 0.15) is 11.6 Å². The third-order valence-electron chi connectivity index (χ3n) is 6.16. The lowest BCUT2D eigenvalue weighted by molar-refractivity contribution is 0.198. The number of amides is 2. The lowest BCUT2D eigenvalue weighted by atomic mass is 9.97. The predicted molar refractivity (Wildman–Crippen MR) is 117 cm³/mol. The van der Waals surface area contributed by atoms with E-state index >= 15 is 0 Å². The summed E-state index contributed by atoms with van der Waals surface area (Å²) in [6.07, 6.45) is 4.23. The largest absolute Gasteiger partial charge is 0.338 e. The molecule has 2 aliphatic rings. The van der Waals surface area contributed by atoms with E-state index in [9.17, 15) is 13.2 Å². The molecule has 1 saturated heterocycles. The Balaban J connectivity index is 1.31. The summed E-state index contributed by atoms with van der Waals surface area (Å²) in [7, 11) is -3.14. The van der Waals surface area contributed by atoms with Crippen molar-refractivity contribution in [1.82, 2.24) is 29.3 Å². The van der Waals surface area contributed by atoms with Crippen LogP contribution in [0.3, 0.4) is 0 Å². The molecule has 0 spiro atoms. The number of rotatable bonds is 5. The fraction of sp³-hybridized carbons (Fsp3) is 0.571. The van der Waals surface area contributed by atoms with Crippen LogP contribution in [-0.4, -0.2) is 77.4 Å². The van der Waals surface area contributed by atoms with Crippen LogP contribution in [0.4, 0.5) is 4.79 Å². The van der Waals surface area contributed by atoms with Gasteiger partial charge in [-0.2, -0.15) is 0 Å². The van der Waals surface area contributed by atoms with Crippen LogP contribution in [0.5, 0.6) is 0 Å². The summed E-state index contributed by atoms with van der Waals surface area (Å²) in [5.74, 6) is 2.03. The van der Waals surface area contributed by atoms with Crippen molar-refractivity contribution < 1.29 is 13.2 Å². The van der Waals surface area contributed by atoms with Gasteiger partial charge < -0.3 is 14.8 Å². The standard InChI is InChI=1S/C21H30N6O3S/c1-31(29,30)26-13-8-18(9-14-26)20-24-23-19-10-12-25(15-16-27(19)20)21(28)22-11-7-17-5-3-2-4-6-17/h2-6,18H,7-16H2,1H3,(H,22,28). The average molecular weight is 447 g/mol. The summed E-state index contributed by atoms with van der Waals surface area (Å²) in [6, 6.07) is 10.1. The minimum Gasteiger partial charge on any atom is -0.338 e. The van der Waals surface area contributed by atoms with E-state index in [0.717, 1.165) is 30.9 Å². The number of carbonyl (C=O) groups is 1. The summed E-state index contributed by atoms with van der Waals surface area (Å²) in [5, 5.41) is 11.8. The average Bonchev–Trinajstić information content (AvgIpc) is 3.05. The molecule has 2 aliphatic heterocycles. The van der Waals surface area contributed by atoms with Crippen LogP contribution in [-0.2, 0) is 29.4 Å². The summed E-state index contributed by atoms with van der Waals surface area (Å²) < 4.78 is 27.2. The van der Waals surface area contributed by atoms with E-state index in [0.29, 0.717) is 45.7 Å². The maximum absolute atomic E-state index is 12.6. The molecule has 1 aromatic carbocycles.